The average molecular weight is 451 g/mol. The first kappa shape index (κ1) is 17.5. The lowest BCUT2D eigenvalue weighted by atomic mass is 9.84. The van der Waals surface area contributed by atoms with Gasteiger partial charge in [-0.05, 0) is 44.9 Å². The zero-order valence-corrected chi connectivity index (χ0v) is 16.3. The molecule has 2 bridgehead atoms. The van der Waals surface area contributed by atoms with Crippen molar-refractivity contribution < 1.29 is 9.18 Å². The van der Waals surface area contributed by atoms with Crippen molar-refractivity contribution in [1.29, 1.82) is 0 Å². The normalized spacial score (nSPS) is 15.2. The van der Waals surface area contributed by atoms with Gasteiger partial charge in [0.25, 0.3) is 0 Å². The lowest BCUT2D eigenvalue weighted by Gasteiger charge is -2.42. The maximum absolute atomic E-state index is 15.1. The van der Waals surface area contributed by atoms with Crippen LogP contribution in [0.2, 0.25) is 0 Å². The Hall–Kier alpha value is -3.59. The third-order valence-electron chi connectivity index (χ3n) is 4.65. The number of aromatic amines is 1. The summed E-state index contributed by atoms with van der Waals surface area (Å²) in [6, 6.07) is 16.0. The number of carbonyl (C=O) groups is 1. The first-order valence-electron chi connectivity index (χ1n) is 8.66. The van der Waals surface area contributed by atoms with Crippen LogP contribution in [-0.4, -0.2) is 31.6 Å². The SMILES string of the molecule is O=C(Nc1ccccc1Br)N1c2c(F)cc(-c3ccccc3)c1c2-c1nn[nH]n1. The average Bonchev–Trinajstić information content (AvgIpc) is 3.23. The van der Waals surface area contributed by atoms with Gasteiger partial charge in [-0.1, -0.05) is 42.5 Å². The number of urea groups is 1. The minimum absolute atomic E-state index is 0.116. The molecule has 0 radical (unpaired) electrons. The van der Waals surface area contributed by atoms with Gasteiger partial charge in [-0.15, -0.1) is 10.2 Å². The van der Waals surface area contributed by atoms with Crippen LogP contribution in [0, 0.1) is 0 Å². The van der Waals surface area contributed by atoms with Gasteiger partial charge in [0.05, 0.1) is 22.7 Å². The Bertz CT molecular complexity index is 1220. The Labute approximate surface area is 172 Å². The Morgan fingerprint density at radius 3 is 2.55 bits per heavy atom. The molecule has 2 aliphatic heterocycles. The van der Waals surface area contributed by atoms with Gasteiger partial charge in [0.1, 0.15) is 5.83 Å². The Kier molecular flexibility index (Phi) is 4.09. The summed E-state index contributed by atoms with van der Waals surface area (Å²) in [5.41, 5.74) is 3.01. The summed E-state index contributed by atoms with van der Waals surface area (Å²) in [4.78, 5) is 14.4. The third-order valence-corrected chi connectivity index (χ3v) is 5.34. The number of carbonyl (C=O) groups excluding carboxylic acids is 1. The summed E-state index contributed by atoms with van der Waals surface area (Å²) >= 11 is 3.40. The molecule has 142 valence electrons. The summed E-state index contributed by atoms with van der Waals surface area (Å²) < 4.78 is 15.8. The summed E-state index contributed by atoms with van der Waals surface area (Å²) in [6.45, 7) is 0. The lowest BCUT2D eigenvalue weighted by Crippen LogP contribution is -2.44. The van der Waals surface area contributed by atoms with E-state index in [0.717, 1.165) is 10.0 Å². The molecule has 9 heteroatoms. The molecule has 2 amide bonds. The Balaban J connectivity index is 1.60. The first-order valence-corrected chi connectivity index (χ1v) is 9.46. The molecule has 0 spiro atoms. The smallest absolute Gasteiger partial charge is 0.306 e. The first-order chi connectivity index (χ1) is 14.1. The van der Waals surface area contributed by atoms with Crippen molar-refractivity contribution in [1.82, 2.24) is 25.5 Å². The van der Waals surface area contributed by atoms with Crippen molar-refractivity contribution in [3.8, 4) is 0 Å². The van der Waals surface area contributed by atoms with Gasteiger partial charge in [-0.2, -0.15) is 5.21 Å². The number of hydrogen-bond acceptors (Lipinski definition) is 4. The largest absolute Gasteiger partial charge is 0.331 e. The highest BCUT2D eigenvalue weighted by Crippen LogP contribution is 2.52. The predicted octanol–water partition coefficient (Wildman–Crippen LogP) is 4.50. The van der Waals surface area contributed by atoms with E-state index >= 15 is 4.39 Å². The van der Waals surface area contributed by atoms with Crippen molar-refractivity contribution in [2.75, 3.05) is 5.32 Å². The maximum Gasteiger partial charge on any atom is 0.331 e. The number of benzene rings is 2. The monoisotopic (exact) mass is 450 g/mol. The molecule has 0 atom stereocenters. The van der Waals surface area contributed by atoms with Gasteiger partial charge in [0.15, 0.2) is 0 Å². The zero-order chi connectivity index (χ0) is 20.0. The van der Waals surface area contributed by atoms with Gasteiger partial charge < -0.3 is 5.32 Å². The fourth-order valence-corrected chi connectivity index (χ4v) is 3.78. The van der Waals surface area contributed by atoms with Crippen LogP contribution in [0.15, 0.2) is 82.4 Å². The molecule has 3 aromatic rings. The van der Waals surface area contributed by atoms with E-state index in [1.807, 2.05) is 42.5 Å². The minimum Gasteiger partial charge on any atom is -0.306 e. The molecule has 2 aromatic carbocycles. The van der Waals surface area contributed by atoms with Crippen molar-refractivity contribution in [3.63, 3.8) is 0 Å². The summed E-state index contributed by atoms with van der Waals surface area (Å²) in [6.07, 6.45) is 1.42. The quantitative estimate of drug-likeness (QED) is 0.614. The van der Waals surface area contributed by atoms with E-state index in [1.54, 1.807) is 12.1 Å². The van der Waals surface area contributed by atoms with E-state index in [2.05, 4.69) is 41.9 Å². The number of aromatic nitrogens is 4. The van der Waals surface area contributed by atoms with Crippen LogP contribution >= 0.6 is 15.9 Å². The number of hydrogen-bond donors (Lipinski definition) is 2. The van der Waals surface area contributed by atoms with Gasteiger partial charge in [-0.25, -0.2) is 9.18 Å². The molecule has 0 unspecified atom stereocenters. The van der Waals surface area contributed by atoms with Crippen LogP contribution in [0.1, 0.15) is 11.4 Å². The highest BCUT2D eigenvalue weighted by Gasteiger charge is 2.46. The van der Waals surface area contributed by atoms with Crippen LogP contribution in [-0.2, 0) is 0 Å². The summed E-state index contributed by atoms with van der Waals surface area (Å²) in [7, 11) is 0. The van der Waals surface area contributed by atoms with Crippen molar-refractivity contribution in [3.05, 3.63) is 93.8 Å². The van der Waals surface area contributed by atoms with Gasteiger partial charge in [0, 0.05) is 10.0 Å². The van der Waals surface area contributed by atoms with E-state index in [1.165, 1.54) is 11.0 Å². The van der Waals surface area contributed by atoms with Crippen LogP contribution in [0.4, 0.5) is 14.9 Å². The summed E-state index contributed by atoms with van der Waals surface area (Å²) in [5, 5.41) is 16.7. The number of tetrazole rings is 1. The summed E-state index contributed by atoms with van der Waals surface area (Å²) in [5.74, 6) is -0.308. The number of nitrogens with one attached hydrogen (secondary N) is 2. The number of anilines is 1. The molecule has 0 aliphatic carbocycles. The lowest BCUT2D eigenvalue weighted by molar-refractivity contribution is 0.232. The second kappa shape index (κ2) is 6.78. The van der Waals surface area contributed by atoms with Gasteiger partial charge in [-0.3, -0.25) is 4.90 Å². The van der Waals surface area contributed by atoms with Crippen LogP contribution in [0.5, 0.6) is 0 Å². The molecule has 1 aromatic heterocycles. The fraction of sp³-hybridized carbons (Fsp3) is 0. The van der Waals surface area contributed by atoms with Gasteiger partial charge in [0.2, 0.25) is 5.82 Å². The number of amides is 2. The number of allylic oxidation sites excluding steroid dienone is 4. The number of H-pyrrole nitrogens is 1. The van der Waals surface area contributed by atoms with E-state index in [-0.39, 0.29) is 11.5 Å². The number of para-hydroxylation sites is 1. The van der Waals surface area contributed by atoms with Crippen LogP contribution < -0.4 is 5.32 Å². The van der Waals surface area contributed by atoms with E-state index < -0.39 is 11.9 Å². The topological polar surface area (TPSA) is 86.8 Å². The van der Waals surface area contributed by atoms with Crippen molar-refractivity contribution >= 4 is 38.8 Å². The Morgan fingerprint density at radius 2 is 1.83 bits per heavy atom. The van der Waals surface area contributed by atoms with Crippen molar-refractivity contribution in [2.45, 2.75) is 0 Å². The number of nitrogens with zero attached hydrogens (tertiary/aromatic N) is 4. The molecule has 29 heavy (non-hydrogen) atoms. The molecular weight excluding hydrogens is 439 g/mol. The molecule has 3 heterocycles. The minimum atomic E-state index is -0.541. The second-order valence-corrected chi connectivity index (χ2v) is 7.18. The molecule has 0 saturated carbocycles. The second-order valence-electron chi connectivity index (χ2n) is 6.33. The van der Waals surface area contributed by atoms with Crippen molar-refractivity contribution in [2.24, 2.45) is 0 Å². The molecular formula is C20H12BrFN6O. The standard InChI is InChI=1S/C20H12BrFN6O/c21-13-8-4-5-9-15(13)23-20(29)28-17-12(11-6-2-1-3-7-11)10-14(22)18(28)16(17)19-24-26-27-25-19/h1-10H,(H,23,29)(H,24,25,26,27). The Morgan fingerprint density at radius 1 is 1.07 bits per heavy atom. The van der Waals surface area contributed by atoms with Crippen LogP contribution in [0.3, 0.4) is 0 Å². The number of halogens is 2. The maximum atomic E-state index is 15.1. The van der Waals surface area contributed by atoms with Gasteiger partial charge >= 0.3 is 6.03 Å². The van der Waals surface area contributed by atoms with E-state index in [0.29, 0.717) is 22.5 Å². The zero-order valence-electron chi connectivity index (χ0n) is 14.7. The van der Waals surface area contributed by atoms with Crippen LogP contribution in [0.25, 0.3) is 11.1 Å². The molecule has 5 rings (SSSR count). The molecule has 2 aliphatic rings. The molecule has 0 saturated heterocycles. The predicted molar refractivity (Wildman–Crippen MR) is 109 cm³/mol. The molecule has 7 nitrogen and oxygen atoms in total. The highest BCUT2D eigenvalue weighted by molar-refractivity contribution is 9.10. The molecule has 0 fully saturated rings. The fourth-order valence-electron chi connectivity index (χ4n) is 3.39. The highest BCUT2D eigenvalue weighted by atomic mass is 79.9. The van der Waals surface area contributed by atoms with E-state index in [4.69, 9.17) is 0 Å². The number of fused-ring (bicyclic) bond motifs is 2. The molecule has 2 N–H and O–H groups in total. The third kappa shape index (κ3) is 2.78. The number of rotatable bonds is 3. The van der Waals surface area contributed by atoms with E-state index in [9.17, 15) is 4.79 Å².